The lowest BCUT2D eigenvalue weighted by molar-refractivity contribution is 0.145. The van der Waals surface area contributed by atoms with Crippen LogP contribution in [0.4, 0.5) is 0 Å². The second-order valence-corrected chi connectivity index (χ2v) is 3.74. The van der Waals surface area contributed by atoms with Crippen molar-refractivity contribution in [2.45, 2.75) is 26.4 Å². The third-order valence-corrected chi connectivity index (χ3v) is 2.80. The van der Waals surface area contributed by atoms with E-state index in [-0.39, 0.29) is 6.10 Å². The summed E-state index contributed by atoms with van der Waals surface area (Å²) in [6.45, 7) is 7.37. The van der Waals surface area contributed by atoms with Crippen molar-refractivity contribution in [2.75, 3.05) is 19.6 Å². The van der Waals surface area contributed by atoms with E-state index in [1.165, 1.54) is 0 Å². The van der Waals surface area contributed by atoms with Gasteiger partial charge >= 0.3 is 0 Å². The SMILES string of the molecule is CCN(CC)CCC(O)c1ccccc1. The highest BCUT2D eigenvalue weighted by Crippen LogP contribution is 2.15. The Kier molecular flexibility index (Phi) is 5.37. The average molecular weight is 207 g/mol. The van der Waals surface area contributed by atoms with Crippen LogP contribution in [0, 0.1) is 0 Å². The zero-order valence-electron chi connectivity index (χ0n) is 9.69. The van der Waals surface area contributed by atoms with Crippen molar-refractivity contribution in [1.82, 2.24) is 4.90 Å². The summed E-state index contributed by atoms with van der Waals surface area (Å²) >= 11 is 0. The number of aliphatic hydroxyl groups excluding tert-OH is 1. The average Bonchev–Trinajstić information content (AvgIpc) is 2.31. The van der Waals surface area contributed by atoms with Crippen LogP contribution in [0.5, 0.6) is 0 Å². The minimum atomic E-state index is -0.327. The second-order valence-electron chi connectivity index (χ2n) is 3.74. The largest absolute Gasteiger partial charge is 0.388 e. The topological polar surface area (TPSA) is 23.5 Å². The molecule has 1 unspecified atom stereocenters. The van der Waals surface area contributed by atoms with Gasteiger partial charge in [-0.1, -0.05) is 44.2 Å². The molecule has 0 aliphatic rings. The van der Waals surface area contributed by atoms with Crippen molar-refractivity contribution < 1.29 is 5.11 Å². The normalized spacial score (nSPS) is 13.1. The Bertz CT molecular complexity index is 256. The fourth-order valence-corrected chi connectivity index (χ4v) is 1.69. The molecule has 0 amide bonds. The molecule has 0 saturated heterocycles. The molecule has 15 heavy (non-hydrogen) atoms. The van der Waals surface area contributed by atoms with Crippen molar-refractivity contribution in [3.05, 3.63) is 35.9 Å². The van der Waals surface area contributed by atoms with Gasteiger partial charge in [0.05, 0.1) is 6.10 Å². The molecular weight excluding hydrogens is 186 g/mol. The Balaban J connectivity index is 2.39. The summed E-state index contributed by atoms with van der Waals surface area (Å²) in [5.41, 5.74) is 1.02. The first-order chi connectivity index (χ1) is 7.27. The van der Waals surface area contributed by atoms with Crippen LogP contribution in [0.25, 0.3) is 0 Å². The van der Waals surface area contributed by atoms with Gasteiger partial charge in [-0.3, -0.25) is 0 Å². The van der Waals surface area contributed by atoms with Crippen LogP contribution in [0.2, 0.25) is 0 Å². The molecule has 0 heterocycles. The molecule has 0 bridgehead atoms. The van der Waals surface area contributed by atoms with Crippen LogP contribution >= 0.6 is 0 Å². The molecule has 1 atom stereocenters. The van der Waals surface area contributed by atoms with E-state index in [1.54, 1.807) is 0 Å². The molecule has 1 aromatic rings. The number of hydrogen-bond acceptors (Lipinski definition) is 2. The molecule has 0 fully saturated rings. The summed E-state index contributed by atoms with van der Waals surface area (Å²) in [5, 5.41) is 9.93. The van der Waals surface area contributed by atoms with Crippen LogP contribution in [0.1, 0.15) is 31.9 Å². The first-order valence-electron chi connectivity index (χ1n) is 5.73. The maximum absolute atomic E-state index is 9.93. The first kappa shape index (κ1) is 12.2. The zero-order valence-corrected chi connectivity index (χ0v) is 9.69. The molecule has 0 radical (unpaired) electrons. The third kappa shape index (κ3) is 4.02. The summed E-state index contributed by atoms with van der Waals surface area (Å²) < 4.78 is 0. The molecule has 2 heteroatoms. The van der Waals surface area contributed by atoms with E-state index in [1.807, 2.05) is 30.3 Å². The minimum Gasteiger partial charge on any atom is -0.388 e. The fraction of sp³-hybridized carbons (Fsp3) is 0.538. The lowest BCUT2D eigenvalue weighted by atomic mass is 10.1. The fourth-order valence-electron chi connectivity index (χ4n) is 1.69. The van der Waals surface area contributed by atoms with Gasteiger partial charge in [-0.15, -0.1) is 0 Å². The lowest BCUT2D eigenvalue weighted by Gasteiger charge is -2.20. The highest BCUT2D eigenvalue weighted by atomic mass is 16.3. The summed E-state index contributed by atoms with van der Waals surface area (Å²) in [6, 6.07) is 9.87. The van der Waals surface area contributed by atoms with Gasteiger partial charge < -0.3 is 10.0 Å². The molecular formula is C13H21NO. The van der Waals surface area contributed by atoms with E-state index in [9.17, 15) is 5.11 Å². The van der Waals surface area contributed by atoms with Gasteiger partial charge in [-0.2, -0.15) is 0 Å². The van der Waals surface area contributed by atoms with Gasteiger partial charge in [-0.05, 0) is 25.1 Å². The van der Waals surface area contributed by atoms with Gasteiger partial charge in [0.1, 0.15) is 0 Å². The quantitative estimate of drug-likeness (QED) is 0.774. The highest BCUT2D eigenvalue weighted by Gasteiger charge is 2.08. The summed E-state index contributed by atoms with van der Waals surface area (Å²) in [4.78, 5) is 2.33. The Labute approximate surface area is 92.5 Å². The van der Waals surface area contributed by atoms with Gasteiger partial charge in [0.25, 0.3) is 0 Å². The summed E-state index contributed by atoms with van der Waals surface area (Å²) in [5.74, 6) is 0. The van der Waals surface area contributed by atoms with Crippen molar-refractivity contribution >= 4 is 0 Å². The monoisotopic (exact) mass is 207 g/mol. The van der Waals surface area contributed by atoms with Crippen LogP contribution in [-0.2, 0) is 0 Å². The Morgan fingerprint density at radius 1 is 1.13 bits per heavy atom. The van der Waals surface area contributed by atoms with E-state index in [2.05, 4.69) is 18.7 Å². The lowest BCUT2D eigenvalue weighted by Crippen LogP contribution is -2.25. The Morgan fingerprint density at radius 2 is 1.73 bits per heavy atom. The molecule has 0 spiro atoms. The van der Waals surface area contributed by atoms with Crippen molar-refractivity contribution in [3.8, 4) is 0 Å². The van der Waals surface area contributed by atoms with E-state index >= 15 is 0 Å². The molecule has 2 nitrogen and oxygen atoms in total. The zero-order chi connectivity index (χ0) is 11.1. The maximum atomic E-state index is 9.93. The van der Waals surface area contributed by atoms with Crippen LogP contribution in [0.3, 0.4) is 0 Å². The van der Waals surface area contributed by atoms with Crippen LogP contribution in [-0.4, -0.2) is 29.6 Å². The third-order valence-electron chi connectivity index (χ3n) is 2.80. The molecule has 1 rings (SSSR count). The molecule has 0 aliphatic heterocycles. The van der Waals surface area contributed by atoms with Gasteiger partial charge in [0.2, 0.25) is 0 Å². The number of benzene rings is 1. The van der Waals surface area contributed by atoms with Crippen LogP contribution < -0.4 is 0 Å². The van der Waals surface area contributed by atoms with Crippen molar-refractivity contribution in [1.29, 1.82) is 0 Å². The molecule has 0 aliphatic carbocycles. The highest BCUT2D eigenvalue weighted by molar-refractivity contribution is 5.17. The van der Waals surface area contributed by atoms with E-state index in [4.69, 9.17) is 0 Å². The maximum Gasteiger partial charge on any atom is 0.0802 e. The van der Waals surface area contributed by atoms with Crippen LogP contribution in [0.15, 0.2) is 30.3 Å². The van der Waals surface area contributed by atoms with Crippen molar-refractivity contribution in [3.63, 3.8) is 0 Å². The molecule has 84 valence electrons. The minimum absolute atomic E-state index is 0.327. The predicted octanol–water partition coefficient (Wildman–Crippen LogP) is 2.45. The number of nitrogens with zero attached hydrogens (tertiary/aromatic N) is 1. The standard InChI is InChI=1S/C13H21NO/c1-3-14(4-2)11-10-13(15)12-8-6-5-7-9-12/h5-9,13,15H,3-4,10-11H2,1-2H3. The van der Waals surface area contributed by atoms with Gasteiger partial charge in [-0.25, -0.2) is 0 Å². The molecule has 0 aromatic heterocycles. The van der Waals surface area contributed by atoms with E-state index < -0.39 is 0 Å². The molecule has 0 saturated carbocycles. The van der Waals surface area contributed by atoms with E-state index in [0.29, 0.717) is 0 Å². The molecule has 1 N–H and O–H groups in total. The second kappa shape index (κ2) is 6.59. The predicted molar refractivity (Wildman–Crippen MR) is 63.8 cm³/mol. The first-order valence-corrected chi connectivity index (χ1v) is 5.73. The smallest absolute Gasteiger partial charge is 0.0802 e. The van der Waals surface area contributed by atoms with Gasteiger partial charge in [0, 0.05) is 6.54 Å². The van der Waals surface area contributed by atoms with Gasteiger partial charge in [0.15, 0.2) is 0 Å². The number of rotatable bonds is 6. The number of hydrogen-bond donors (Lipinski definition) is 1. The summed E-state index contributed by atoms with van der Waals surface area (Å²) in [7, 11) is 0. The van der Waals surface area contributed by atoms with E-state index in [0.717, 1.165) is 31.6 Å². The summed E-state index contributed by atoms with van der Waals surface area (Å²) in [6.07, 6.45) is 0.484. The van der Waals surface area contributed by atoms with Crippen molar-refractivity contribution in [2.24, 2.45) is 0 Å². The number of aliphatic hydroxyl groups is 1. The Morgan fingerprint density at radius 3 is 2.27 bits per heavy atom. The Hall–Kier alpha value is -0.860. The molecule has 1 aromatic carbocycles.